The molecule has 2 nitrogen and oxygen atoms in total. The summed E-state index contributed by atoms with van der Waals surface area (Å²) < 4.78 is 0. The molecule has 15 heavy (non-hydrogen) atoms. The van der Waals surface area contributed by atoms with Crippen LogP contribution in [-0.2, 0) is 0 Å². The van der Waals surface area contributed by atoms with Crippen LogP contribution in [0.3, 0.4) is 0 Å². The number of hydrogen-bond donors (Lipinski definition) is 1. The van der Waals surface area contributed by atoms with Gasteiger partial charge in [0.2, 0.25) is 0 Å². The number of nitrogens with one attached hydrogen (secondary N) is 1. The molecule has 2 heteroatoms. The molecule has 1 aliphatic rings. The molecule has 0 aromatic carbocycles. The summed E-state index contributed by atoms with van der Waals surface area (Å²) in [6.45, 7) is 6.92. The molecule has 1 aliphatic carbocycles. The Hall–Kier alpha value is -0.0800. The average molecular weight is 212 g/mol. The molecule has 0 aromatic rings. The second-order valence-electron chi connectivity index (χ2n) is 5.31. The van der Waals surface area contributed by atoms with E-state index in [4.69, 9.17) is 0 Å². The van der Waals surface area contributed by atoms with Crippen molar-refractivity contribution in [3.63, 3.8) is 0 Å². The van der Waals surface area contributed by atoms with Crippen molar-refractivity contribution >= 4 is 0 Å². The largest absolute Gasteiger partial charge is 0.315 e. The van der Waals surface area contributed by atoms with E-state index in [1.54, 1.807) is 0 Å². The summed E-state index contributed by atoms with van der Waals surface area (Å²) in [7, 11) is 4.38. The summed E-state index contributed by atoms with van der Waals surface area (Å²) in [6.07, 6.45) is 5.47. The average Bonchev–Trinajstić information content (AvgIpc) is 2.27. The molecule has 0 radical (unpaired) electrons. The van der Waals surface area contributed by atoms with E-state index in [1.165, 1.54) is 25.7 Å². The van der Waals surface area contributed by atoms with Crippen molar-refractivity contribution in [1.29, 1.82) is 0 Å². The summed E-state index contributed by atoms with van der Waals surface area (Å²) in [6, 6.07) is 2.08. The van der Waals surface area contributed by atoms with Crippen LogP contribution in [0.4, 0.5) is 0 Å². The molecular formula is C13H28N2. The lowest BCUT2D eigenvalue weighted by atomic mass is 9.80. The second kappa shape index (κ2) is 5.86. The molecule has 0 saturated heterocycles. The number of rotatable bonds is 4. The Labute approximate surface area is 95.4 Å². The third kappa shape index (κ3) is 3.18. The van der Waals surface area contributed by atoms with Crippen LogP contribution in [0.15, 0.2) is 0 Å². The van der Waals surface area contributed by atoms with Gasteiger partial charge in [-0.05, 0) is 53.1 Å². The maximum absolute atomic E-state index is 3.49. The van der Waals surface area contributed by atoms with E-state index in [-0.39, 0.29) is 0 Å². The SMILES string of the molecule is CCC1CCC(NC)C(N(C)C(C)C)C1. The fourth-order valence-corrected chi connectivity index (χ4v) is 2.77. The highest BCUT2D eigenvalue weighted by Crippen LogP contribution is 2.30. The third-order valence-corrected chi connectivity index (χ3v) is 4.21. The number of nitrogens with zero attached hydrogens (tertiary/aromatic N) is 1. The Morgan fingerprint density at radius 1 is 1.33 bits per heavy atom. The topological polar surface area (TPSA) is 15.3 Å². The van der Waals surface area contributed by atoms with Crippen molar-refractivity contribution in [2.45, 2.75) is 64.6 Å². The summed E-state index contributed by atoms with van der Waals surface area (Å²) in [4.78, 5) is 2.54. The molecule has 0 aromatic heterocycles. The summed E-state index contributed by atoms with van der Waals surface area (Å²) in [5, 5.41) is 3.49. The van der Waals surface area contributed by atoms with Crippen LogP contribution in [0, 0.1) is 5.92 Å². The number of likely N-dealkylation sites (N-methyl/N-ethyl adjacent to an activating group) is 2. The quantitative estimate of drug-likeness (QED) is 0.770. The van der Waals surface area contributed by atoms with E-state index in [0.717, 1.165) is 12.0 Å². The van der Waals surface area contributed by atoms with Crippen molar-refractivity contribution < 1.29 is 0 Å². The molecule has 90 valence electrons. The maximum Gasteiger partial charge on any atom is 0.0251 e. The molecule has 3 unspecified atom stereocenters. The van der Waals surface area contributed by atoms with Crippen LogP contribution in [0.1, 0.15) is 46.5 Å². The van der Waals surface area contributed by atoms with Crippen molar-refractivity contribution in [3.05, 3.63) is 0 Å². The van der Waals surface area contributed by atoms with E-state index in [1.807, 2.05) is 0 Å². The molecule has 1 rings (SSSR count). The minimum Gasteiger partial charge on any atom is -0.315 e. The Morgan fingerprint density at radius 2 is 2.00 bits per heavy atom. The number of hydrogen-bond acceptors (Lipinski definition) is 2. The van der Waals surface area contributed by atoms with E-state index >= 15 is 0 Å². The minimum atomic E-state index is 0.654. The van der Waals surface area contributed by atoms with E-state index in [9.17, 15) is 0 Å². The Balaban J connectivity index is 2.62. The second-order valence-corrected chi connectivity index (χ2v) is 5.31. The van der Waals surface area contributed by atoms with Gasteiger partial charge in [-0.1, -0.05) is 13.3 Å². The van der Waals surface area contributed by atoms with Crippen molar-refractivity contribution in [2.24, 2.45) is 5.92 Å². The summed E-state index contributed by atoms with van der Waals surface area (Å²) in [5.41, 5.74) is 0. The minimum absolute atomic E-state index is 0.654. The van der Waals surface area contributed by atoms with Gasteiger partial charge in [0.15, 0.2) is 0 Å². The van der Waals surface area contributed by atoms with Gasteiger partial charge in [0.1, 0.15) is 0 Å². The van der Waals surface area contributed by atoms with Gasteiger partial charge in [-0.25, -0.2) is 0 Å². The first kappa shape index (κ1) is 13.0. The Kier molecular flexibility index (Phi) is 5.07. The van der Waals surface area contributed by atoms with E-state index in [0.29, 0.717) is 12.1 Å². The lowest BCUT2D eigenvalue weighted by Crippen LogP contribution is -2.52. The molecule has 0 aliphatic heterocycles. The fourth-order valence-electron chi connectivity index (χ4n) is 2.77. The van der Waals surface area contributed by atoms with Gasteiger partial charge in [-0.2, -0.15) is 0 Å². The molecular weight excluding hydrogens is 184 g/mol. The molecule has 0 bridgehead atoms. The van der Waals surface area contributed by atoms with Crippen molar-refractivity contribution in [1.82, 2.24) is 10.2 Å². The van der Waals surface area contributed by atoms with Crippen LogP contribution in [0.5, 0.6) is 0 Å². The summed E-state index contributed by atoms with van der Waals surface area (Å²) >= 11 is 0. The van der Waals surface area contributed by atoms with Gasteiger partial charge in [0, 0.05) is 18.1 Å². The highest BCUT2D eigenvalue weighted by Gasteiger charge is 2.32. The lowest BCUT2D eigenvalue weighted by Gasteiger charge is -2.42. The van der Waals surface area contributed by atoms with Gasteiger partial charge in [-0.15, -0.1) is 0 Å². The van der Waals surface area contributed by atoms with Gasteiger partial charge < -0.3 is 5.32 Å². The highest BCUT2D eigenvalue weighted by molar-refractivity contribution is 4.90. The van der Waals surface area contributed by atoms with Gasteiger partial charge in [0.05, 0.1) is 0 Å². The van der Waals surface area contributed by atoms with Crippen LogP contribution in [-0.4, -0.2) is 37.1 Å². The predicted octanol–water partition coefficient (Wildman–Crippen LogP) is 2.49. The van der Waals surface area contributed by atoms with Crippen LogP contribution in [0.25, 0.3) is 0 Å². The smallest absolute Gasteiger partial charge is 0.0251 e. The third-order valence-electron chi connectivity index (χ3n) is 4.21. The zero-order valence-corrected chi connectivity index (χ0v) is 11.1. The molecule has 0 heterocycles. The zero-order valence-electron chi connectivity index (χ0n) is 11.1. The Morgan fingerprint density at radius 3 is 2.47 bits per heavy atom. The molecule has 0 amide bonds. The van der Waals surface area contributed by atoms with Crippen LogP contribution >= 0.6 is 0 Å². The molecule has 1 saturated carbocycles. The molecule has 0 spiro atoms. The first-order chi connectivity index (χ1) is 7.10. The lowest BCUT2D eigenvalue weighted by molar-refractivity contribution is 0.0974. The van der Waals surface area contributed by atoms with E-state index in [2.05, 4.69) is 45.1 Å². The normalized spacial score (nSPS) is 32.6. The van der Waals surface area contributed by atoms with Gasteiger partial charge in [-0.3, -0.25) is 4.90 Å². The first-order valence-corrected chi connectivity index (χ1v) is 6.49. The van der Waals surface area contributed by atoms with Gasteiger partial charge in [0.25, 0.3) is 0 Å². The Bertz CT molecular complexity index is 177. The van der Waals surface area contributed by atoms with Crippen LogP contribution in [0.2, 0.25) is 0 Å². The molecule has 3 atom stereocenters. The maximum atomic E-state index is 3.49. The molecule has 1 fully saturated rings. The first-order valence-electron chi connectivity index (χ1n) is 6.49. The van der Waals surface area contributed by atoms with E-state index < -0.39 is 0 Å². The van der Waals surface area contributed by atoms with Gasteiger partial charge >= 0.3 is 0 Å². The highest BCUT2D eigenvalue weighted by atomic mass is 15.2. The summed E-state index contributed by atoms with van der Waals surface area (Å²) in [5.74, 6) is 0.945. The van der Waals surface area contributed by atoms with Crippen molar-refractivity contribution in [3.8, 4) is 0 Å². The monoisotopic (exact) mass is 212 g/mol. The molecule has 1 N–H and O–H groups in total. The standard InChI is InChI=1S/C13H28N2/c1-6-11-7-8-12(14-4)13(9-11)15(5)10(2)3/h10-14H,6-9H2,1-5H3. The fraction of sp³-hybridized carbons (Fsp3) is 1.00. The van der Waals surface area contributed by atoms with Crippen molar-refractivity contribution in [2.75, 3.05) is 14.1 Å². The predicted molar refractivity (Wildman–Crippen MR) is 67.2 cm³/mol. The zero-order chi connectivity index (χ0) is 11.4. The van der Waals surface area contributed by atoms with Crippen LogP contribution < -0.4 is 5.32 Å².